The summed E-state index contributed by atoms with van der Waals surface area (Å²) in [6, 6.07) is 8.57. The number of carboxylic acids is 1. The molecule has 1 aliphatic rings. The number of carbonyl (C=O) groups is 1. The molecule has 1 aliphatic carbocycles. The zero-order valence-corrected chi connectivity index (χ0v) is 14.7. The molecule has 1 saturated carbocycles. The van der Waals surface area contributed by atoms with Gasteiger partial charge < -0.3 is 5.11 Å². The molecule has 116 valence electrons. The van der Waals surface area contributed by atoms with Gasteiger partial charge in [0.1, 0.15) is 5.01 Å². The summed E-state index contributed by atoms with van der Waals surface area (Å²) in [7, 11) is 2.07. The third-order valence-corrected chi connectivity index (χ3v) is 5.42. The molecule has 6 heteroatoms. The van der Waals surface area contributed by atoms with Crippen LogP contribution in [0.15, 0.2) is 34.1 Å². The van der Waals surface area contributed by atoms with Gasteiger partial charge in [0, 0.05) is 21.8 Å². The molecule has 0 radical (unpaired) electrons. The standard InChI is InChI=1S/C16H17BrN2O2S/c1-19(8-14-18-13(9-22-14)15(20)21)10-16(6-7-16)11-2-4-12(17)5-3-11/h2-5,9H,6-8,10H2,1H3,(H,20,21). The van der Waals surface area contributed by atoms with Crippen molar-refractivity contribution >= 4 is 33.2 Å². The zero-order valence-electron chi connectivity index (χ0n) is 12.3. The normalized spacial score (nSPS) is 16.0. The Balaban J connectivity index is 1.64. The van der Waals surface area contributed by atoms with E-state index in [1.165, 1.54) is 29.7 Å². The molecule has 0 spiro atoms. The Hall–Kier alpha value is -1.24. The topological polar surface area (TPSA) is 53.4 Å². The second-order valence-corrected chi connectivity index (χ2v) is 7.75. The number of aromatic nitrogens is 1. The number of carboxylic acid groups (broad SMARTS) is 1. The Kier molecular flexibility index (Phi) is 4.34. The van der Waals surface area contributed by atoms with E-state index in [4.69, 9.17) is 5.11 Å². The van der Waals surface area contributed by atoms with Gasteiger partial charge in [0.05, 0.1) is 6.54 Å². The van der Waals surface area contributed by atoms with E-state index in [1.54, 1.807) is 5.38 Å². The number of hydrogen-bond donors (Lipinski definition) is 1. The number of nitrogens with zero attached hydrogens (tertiary/aromatic N) is 2. The summed E-state index contributed by atoms with van der Waals surface area (Å²) < 4.78 is 1.10. The maximum absolute atomic E-state index is 10.9. The van der Waals surface area contributed by atoms with E-state index in [1.807, 2.05) is 0 Å². The molecule has 0 bridgehead atoms. The molecule has 1 aromatic heterocycles. The van der Waals surface area contributed by atoms with E-state index >= 15 is 0 Å². The summed E-state index contributed by atoms with van der Waals surface area (Å²) in [5.74, 6) is -0.960. The fraction of sp³-hybridized carbons (Fsp3) is 0.375. The van der Waals surface area contributed by atoms with Crippen molar-refractivity contribution in [3.8, 4) is 0 Å². The first kappa shape index (κ1) is 15.6. The minimum Gasteiger partial charge on any atom is -0.476 e. The van der Waals surface area contributed by atoms with E-state index in [9.17, 15) is 4.79 Å². The summed E-state index contributed by atoms with van der Waals surface area (Å²) in [6.45, 7) is 1.66. The maximum atomic E-state index is 10.9. The van der Waals surface area contributed by atoms with E-state index < -0.39 is 5.97 Å². The molecule has 1 heterocycles. The Bertz CT molecular complexity index is 680. The van der Waals surface area contributed by atoms with Crippen molar-refractivity contribution in [3.05, 3.63) is 50.4 Å². The second-order valence-electron chi connectivity index (χ2n) is 5.89. The van der Waals surface area contributed by atoms with Crippen LogP contribution < -0.4 is 0 Å². The van der Waals surface area contributed by atoms with Crippen LogP contribution in [0.5, 0.6) is 0 Å². The van der Waals surface area contributed by atoms with Gasteiger partial charge in [0.2, 0.25) is 0 Å². The fourth-order valence-electron chi connectivity index (χ4n) is 2.78. The summed E-state index contributed by atoms with van der Waals surface area (Å²) >= 11 is 4.89. The summed E-state index contributed by atoms with van der Waals surface area (Å²) in [6.07, 6.45) is 2.41. The zero-order chi connectivity index (χ0) is 15.7. The molecule has 3 rings (SSSR count). The first-order chi connectivity index (χ1) is 10.5. The van der Waals surface area contributed by atoms with Crippen molar-refractivity contribution in [1.82, 2.24) is 9.88 Å². The van der Waals surface area contributed by atoms with Gasteiger partial charge >= 0.3 is 5.97 Å². The number of rotatable bonds is 6. The van der Waals surface area contributed by atoms with Crippen LogP contribution in [-0.2, 0) is 12.0 Å². The van der Waals surface area contributed by atoms with Crippen LogP contribution in [0, 0.1) is 0 Å². The smallest absolute Gasteiger partial charge is 0.355 e. The van der Waals surface area contributed by atoms with Crippen molar-refractivity contribution in [3.63, 3.8) is 0 Å². The Morgan fingerprint density at radius 2 is 2.09 bits per heavy atom. The van der Waals surface area contributed by atoms with Crippen LogP contribution in [0.4, 0.5) is 0 Å². The predicted octanol–water partition coefficient (Wildman–Crippen LogP) is 3.77. The summed E-state index contributed by atoms with van der Waals surface area (Å²) in [5, 5.41) is 11.4. The Labute approximate surface area is 141 Å². The van der Waals surface area contributed by atoms with Gasteiger partial charge in [-0.15, -0.1) is 11.3 Å². The lowest BCUT2D eigenvalue weighted by Crippen LogP contribution is -2.29. The van der Waals surface area contributed by atoms with Crippen LogP contribution in [0.2, 0.25) is 0 Å². The number of benzene rings is 1. The molecule has 0 amide bonds. The van der Waals surface area contributed by atoms with Crippen molar-refractivity contribution in [2.45, 2.75) is 24.8 Å². The lowest BCUT2D eigenvalue weighted by molar-refractivity contribution is 0.0691. The van der Waals surface area contributed by atoms with Gasteiger partial charge in [-0.2, -0.15) is 0 Å². The summed E-state index contributed by atoms with van der Waals surface area (Å²) in [5.41, 5.74) is 1.78. The highest BCUT2D eigenvalue weighted by atomic mass is 79.9. The SMILES string of the molecule is CN(Cc1nc(C(=O)O)cs1)CC1(c2ccc(Br)cc2)CC1. The first-order valence-corrected chi connectivity index (χ1v) is 8.78. The lowest BCUT2D eigenvalue weighted by Gasteiger charge is -2.23. The molecule has 0 atom stereocenters. The van der Waals surface area contributed by atoms with Gasteiger partial charge in [0.25, 0.3) is 0 Å². The van der Waals surface area contributed by atoms with E-state index in [0.717, 1.165) is 16.0 Å². The predicted molar refractivity (Wildman–Crippen MR) is 90.5 cm³/mol. The largest absolute Gasteiger partial charge is 0.476 e. The Morgan fingerprint density at radius 1 is 1.41 bits per heavy atom. The van der Waals surface area contributed by atoms with Crippen LogP contribution in [0.25, 0.3) is 0 Å². The molecular formula is C16H17BrN2O2S. The number of likely N-dealkylation sites (N-methyl/N-ethyl adjacent to an activating group) is 1. The van der Waals surface area contributed by atoms with Crippen molar-refractivity contribution in [1.29, 1.82) is 0 Å². The lowest BCUT2D eigenvalue weighted by atomic mass is 9.95. The minimum absolute atomic E-state index is 0.141. The quantitative estimate of drug-likeness (QED) is 0.828. The first-order valence-electron chi connectivity index (χ1n) is 7.11. The van der Waals surface area contributed by atoms with E-state index in [0.29, 0.717) is 6.54 Å². The summed E-state index contributed by atoms with van der Waals surface area (Å²) in [4.78, 5) is 17.3. The van der Waals surface area contributed by atoms with Gasteiger partial charge in [-0.05, 0) is 37.6 Å². The Morgan fingerprint density at radius 3 is 2.64 bits per heavy atom. The highest BCUT2D eigenvalue weighted by Crippen LogP contribution is 2.48. The van der Waals surface area contributed by atoms with Crippen molar-refractivity contribution in [2.24, 2.45) is 0 Å². The molecule has 1 N–H and O–H groups in total. The fourth-order valence-corrected chi connectivity index (χ4v) is 3.89. The third kappa shape index (κ3) is 3.39. The molecule has 1 aromatic carbocycles. The molecule has 1 fully saturated rings. The highest BCUT2D eigenvalue weighted by Gasteiger charge is 2.44. The molecular weight excluding hydrogens is 364 g/mol. The van der Waals surface area contributed by atoms with Crippen molar-refractivity contribution < 1.29 is 9.90 Å². The number of halogens is 1. The average Bonchev–Trinajstić information content (AvgIpc) is 3.08. The van der Waals surface area contributed by atoms with Gasteiger partial charge in [-0.25, -0.2) is 9.78 Å². The second kappa shape index (κ2) is 6.10. The van der Waals surface area contributed by atoms with Crippen LogP contribution in [0.3, 0.4) is 0 Å². The molecule has 0 aliphatic heterocycles. The third-order valence-electron chi connectivity index (χ3n) is 4.06. The average molecular weight is 381 g/mol. The number of aromatic carboxylic acids is 1. The molecule has 0 unspecified atom stereocenters. The van der Waals surface area contributed by atoms with Crippen LogP contribution in [-0.4, -0.2) is 34.6 Å². The highest BCUT2D eigenvalue weighted by molar-refractivity contribution is 9.10. The van der Waals surface area contributed by atoms with Gasteiger partial charge in [-0.3, -0.25) is 4.90 Å². The van der Waals surface area contributed by atoms with E-state index in [2.05, 4.69) is 57.1 Å². The molecule has 0 saturated heterocycles. The van der Waals surface area contributed by atoms with Gasteiger partial charge in [0.15, 0.2) is 5.69 Å². The van der Waals surface area contributed by atoms with Crippen molar-refractivity contribution in [2.75, 3.05) is 13.6 Å². The number of hydrogen-bond acceptors (Lipinski definition) is 4. The molecule has 4 nitrogen and oxygen atoms in total. The number of thiazole rings is 1. The molecule has 22 heavy (non-hydrogen) atoms. The maximum Gasteiger partial charge on any atom is 0.355 e. The van der Waals surface area contributed by atoms with Gasteiger partial charge in [-0.1, -0.05) is 28.1 Å². The van der Waals surface area contributed by atoms with E-state index in [-0.39, 0.29) is 11.1 Å². The van der Waals surface area contributed by atoms with Crippen LogP contribution in [0.1, 0.15) is 33.9 Å². The minimum atomic E-state index is -0.960. The van der Waals surface area contributed by atoms with Crippen LogP contribution >= 0.6 is 27.3 Å². The monoisotopic (exact) mass is 380 g/mol. The molecule has 2 aromatic rings.